The fourth-order valence-corrected chi connectivity index (χ4v) is 2.72. The SMILES string of the molecule is Cn1ncc2c(=O)n(CC(=O)OC3CCCCC3)cnc21. The Kier molecular flexibility index (Phi) is 3.72. The molecule has 0 bridgehead atoms. The third-order valence-corrected chi connectivity index (χ3v) is 3.87. The van der Waals surface area contributed by atoms with Crippen molar-refractivity contribution in [3.63, 3.8) is 0 Å². The molecule has 1 fully saturated rings. The summed E-state index contributed by atoms with van der Waals surface area (Å²) in [5.41, 5.74) is 0.241. The minimum atomic E-state index is -0.381. The average molecular weight is 290 g/mol. The van der Waals surface area contributed by atoms with E-state index in [2.05, 4.69) is 10.1 Å². The van der Waals surface area contributed by atoms with E-state index < -0.39 is 0 Å². The summed E-state index contributed by atoms with van der Waals surface area (Å²) in [5, 5.41) is 4.40. The van der Waals surface area contributed by atoms with Gasteiger partial charge in [-0.2, -0.15) is 5.10 Å². The van der Waals surface area contributed by atoms with Crippen LogP contribution in [0.4, 0.5) is 0 Å². The smallest absolute Gasteiger partial charge is 0.326 e. The van der Waals surface area contributed by atoms with Crippen molar-refractivity contribution in [2.75, 3.05) is 0 Å². The van der Waals surface area contributed by atoms with Crippen LogP contribution in [-0.4, -0.2) is 31.4 Å². The molecular weight excluding hydrogens is 272 g/mol. The van der Waals surface area contributed by atoms with Crippen LogP contribution in [0.5, 0.6) is 0 Å². The zero-order chi connectivity index (χ0) is 14.8. The van der Waals surface area contributed by atoms with Gasteiger partial charge in [0.2, 0.25) is 0 Å². The van der Waals surface area contributed by atoms with Gasteiger partial charge in [-0.1, -0.05) is 6.42 Å². The van der Waals surface area contributed by atoms with Crippen LogP contribution in [0, 0.1) is 0 Å². The Morgan fingerprint density at radius 2 is 2.14 bits per heavy atom. The highest BCUT2D eigenvalue weighted by Crippen LogP contribution is 2.20. The second-order valence-electron chi connectivity index (χ2n) is 5.43. The number of aryl methyl sites for hydroxylation is 1. The van der Waals surface area contributed by atoms with Gasteiger partial charge >= 0.3 is 5.97 Å². The summed E-state index contributed by atoms with van der Waals surface area (Å²) < 4.78 is 8.22. The predicted octanol–water partition coefficient (Wildman–Crippen LogP) is 1.01. The molecule has 0 atom stereocenters. The van der Waals surface area contributed by atoms with E-state index in [1.807, 2.05) is 0 Å². The van der Waals surface area contributed by atoms with Crippen LogP contribution in [0.2, 0.25) is 0 Å². The molecule has 7 heteroatoms. The van der Waals surface area contributed by atoms with Crippen molar-refractivity contribution in [3.05, 3.63) is 22.9 Å². The molecule has 2 aromatic heterocycles. The van der Waals surface area contributed by atoms with Crippen LogP contribution < -0.4 is 5.56 Å². The van der Waals surface area contributed by atoms with E-state index in [0.717, 1.165) is 25.7 Å². The molecule has 2 heterocycles. The molecular formula is C14H18N4O3. The third kappa shape index (κ3) is 2.81. The molecule has 1 saturated carbocycles. The zero-order valence-corrected chi connectivity index (χ0v) is 12.0. The molecule has 0 unspecified atom stereocenters. The third-order valence-electron chi connectivity index (χ3n) is 3.87. The summed E-state index contributed by atoms with van der Waals surface area (Å²) in [6, 6.07) is 0. The molecule has 0 amide bonds. The Balaban J connectivity index is 1.73. The number of esters is 1. The molecule has 3 rings (SSSR count). The van der Waals surface area contributed by atoms with E-state index in [1.54, 1.807) is 7.05 Å². The number of hydrogen-bond donors (Lipinski definition) is 0. The maximum atomic E-state index is 12.2. The van der Waals surface area contributed by atoms with Crippen LogP contribution >= 0.6 is 0 Å². The first kappa shape index (κ1) is 13.8. The van der Waals surface area contributed by atoms with Crippen molar-refractivity contribution in [2.45, 2.75) is 44.8 Å². The van der Waals surface area contributed by atoms with Gasteiger partial charge in [0, 0.05) is 7.05 Å². The van der Waals surface area contributed by atoms with Gasteiger partial charge in [-0.3, -0.25) is 18.8 Å². The van der Waals surface area contributed by atoms with Gasteiger partial charge in [-0.05, 0) is 25.7 Å². The van der Waals surface area contributed by atoms with Crippen molar-refractivity contribution in [1.82, 2.24) is 19.3 Å². The van der Waals surface area contributed by atoms with Gasteiger partial charge < -0.3 is 4.74 Å². The number of nitrogens with zero attached hydrogens (tertiary/aromatic N) is 4. The molecule has 0 aromatic carbocycles. The summed E-state index contributed by atoms with van der Waals surface area (Å²) in [4.78, 5) is 28.3. The number of hydrogen-bond acceptors (Lipinski definition) is 5. The molecule has 0 radical (unpaired) electrons. The Morgan fingerprint density at radius 3 is 2.90 bits per heavy atom. The molecule has 1 aliphatic carbocycles. The van der Waals surface area contributed by atoms with E-state index in [4.69, 9.17) is 4.74 Å². The quantitative estimate of drug-likeness (QED) is 0.788. The number of aromatic nitrogens is 4. The Labute approximate surface area is 121 Å². The lowest BCUT2D eigenvalue weighted by atomic mass is 9.98. The van der Waals surface area contributed by atoms with Gasteiger partial charge in [0.1, 0.15) is 24.4 Å². The van der Waals surface area contributed by atoms with E-state index in [1.165, 1.54) is 28.2 Å². The second-order valence-corrected chi connectivity index (χ2v) is 5.43. The number of fused-ring (bicyclic) bond motifs is 1. The zero-order valence-electron chi connectivity index (χ0n) is 12.0. The Bertz CT molecular complexity index is 713. The summed E-state index contributed by atoms with van der Waals surface area (Å²) in [6.07, 6.45) is 8.07. The summed E-state index contributed by atoms with van der Waals surface area (Å²) in [5.74, 6) is -0.381. The first-order valence-electron chi connectivity index (χ1n) is 7.22. The average Bonchev–Trinajstić information content (AvgIpc) is 2.85. The summed E-state index contributed by atoms with van der Waals surface area (Å²) in [6.45, 7) is -0.104. The van der Waals surface area contributed by atoms with Crippen LogP contribution in [0.1, 0.15) is 32.1 Å². The molecule has 0 aliphatic heterocycles. The standard InChI is InChI=1S/C14H18N4O3/c1-17-13-11(7-16-17)14(20)18(9-15-13)8-12(19)21-10-5-3-2-4-6-10/h7,9-10H,2-6,8H2,1H3. The van der Waals surface area contributed by atoms with Crippen molar-refractivity contribution in [3.8, 4) is 0 Å². The molecule has 0 saturated heterocycles. The number of rotatable bonds is 3. The fraction of sp³-hybridized carbons (Fsp3) is 0.571. The monoisotopic (exact) mass is 290 g/mol. The van der Waals surface area contributed by atoms with E-state index in [-0.39, 0.29) is 24.2 Å². The highest BCUT2D eigenvalue weighted by molar-refractivity contribution is 5.74. The lowest BCUT2D eigenvalue weighted by molar-refractivity contribution is -0.151. The highest BCUT2D eigenvalue weighted by atomic mass is 16.5. The first-order valence-corrected chi connectivity index (χ1v) is 7.22. The van der Waals surface area contributed by atoms with Crippen molar-refractivity contribution in [1.29, 1.82) is 0 Å². The molecule has 21 heavy (non-hydrogen) atoms. The maximum Gasteiger partial charge on any atom is 0.326 e. The molecule has 1 aliphatic rings. The van der Waals surface area contributed by atoms with Gasteiger partial charge in [0.25, 0.3) is 5.56 Å². The summed E-state index contributed by atoms with van der Waals surface area (Å²) >= 11 is 0. The minimum absolute atomic E-state index is 0.00275. The maximum absolute atomic E-state index is 12.2. The predicted molar refractivity (Wildman–Crippen MR) is 75.7 cm³/mol. The Hall–Kier alpha value is -2.18. The molecule has 112 valence electrons. The normalized spacial score (nSPS) is 16.2. The molecule has 2 aromatic rings. The van der Waals surface area contributed by atoms with E-state index in [9.17, 15) is 9.59 Å². The highest BCUT2D eigenvalue weighted by Gasteiger charge is 2.18. The number of carbonyl (C=O) groups is 1. The molecule has 7 nitrogen and oxygen atoms in total. The molecule has 0 spiro atoms. The second kappa shape index (κ2) is 5.67. The van der Waals surface area contributed by atoms with Gasteiger partial charge in [0.05, 0.1) is 6.20 Å². The van der Waals surface area contributed by atoms with Crippen molar-refractivity contribution in [2.24, 2.45) is 7.05 Å². The lowest BCUT2D eigenvalue weighted by Crippen LogP contribution is -2.28. The van der Waals surface area contributed by atoms with E-state index in [0.29, 0.717) is 11.0 Å². The van der Waals surface area contributed by atoms with Crippen LogP contribution in [0.15, 0.2) is 17.3 Å². The van der Waals surface area contributed by atoms with Crippen LogP contribution in [-0.2, 0) is 23.1 Å². The number of carbonyl (C=O) groups excluding carboxylic acids is 1. The largest absolute Gasteiger partial charge is 0.461 e. The van der Waals surface area contributed by atoms with Crippen LogP contribution in [0.25, 0.3) is 11.0 Å². The van der Waals surface area contributed by atoms with Gasteiger partial charge in [-0.25, -0.2) is 4.98 Å². The first-order chi connectivity index (χ1) is 10.1. The number of ether oxygens (including phenoxy) is 1. The topological polar surface area (TPSA) is 79.0 Å². The minimum Gasteiger partial charge on any atom is -0.461 e. The Morgan fingerprint density at radius 1 is 1.38 bits per heavy atom. The van der Waals surface area contributed by atoms with Gasteiger partial charge in [-0.15, -0.1) is 0 Å². The van der Waals surface area contributed by atoms with E-state index >= 15 is 0 Å². The summed E-state index contributed by atoms with van der Waals surface area (Å²) in [7, 11) is 1.72. The van der Waals surface area contributed by atoms with Crippen molar-refractivity contribution >= 4 is 17.0 Å². The fourth-order valence-electron chi connectivity index (χ4n) is 2.72. The lowest BCUT2D eigenvalue weighted by Gasteiger charge is -2.21. The van der Waals surface area contributed by atoms with Gasteiger partial charge in [0.15, 0.2) is 5.65 Å². The molecule has 0 N–H and O–H groups in total. The van der Waals surface area contributed by atoms with Crippen molar-refractivity contribution < 1.29 is 9.53 Å². The van der Waals surface area contributed by atoms with Crippen LogP contribution in [0.3, 0.4) is 0 Å².